The number of fused-ring (bicyclic) bond motifs is 1. The second kappa shape index (κ2) is 8.55. The zero-order chi connectivity index (χ0) is 22.7. The van der Waals surface area contributed by atoms with E-state index in [0.717, 1.165) is 10.8 Å². The standard InChI is InChI=1S/C25H15FN4O2/c1-32-25-20(14-28)22(18-8-4-5-9-21(18)26)19(13-27)23(30-25)29-24(31)17-11-10-15-6-2-3-7-16(15)12-17/h2-12H,1H3,(H,29,30,31). The highest BCUT2D eigenvalue weighted by Crippen LogP contribution is 2.37. The van der Waals surface area contributed by atoms with E-state index in [1.54, 1.807) is 18.2 Å². The Morgan fingerprint density at radius 3 is 2.34 bits per heavy atom. The molecule has 1 aromatic heterocycles. The molecular weight excluding hydrogens is 407 g/mol. The molecule has 32 heavy (non-hydrogen) atoms. The van der Waals surface area contributed by atoms with Crippen molar-refractivity contribution in [2.75, 3.05) is 12.4 Å². The molecule has 1 heterocycles. The van der Waals surface area contributed by atoms with E-state index >= 15 is 0 Å². The third kappa shape index (κ3) is 3.60. The first-order valence-electron chi connectivity index (χ1n) is 9.54. The Morgan fingerprint density at radius 2 is 1.66 bits per heavy atom. The third-order valence-electron chi connectivity index (χ3n) is 4.97. The van der Waals surface area contributed by atoms with Crippen LogP contribution in [0, 0.1) is 28.5 Å². The summed E-state index contributed by atoms with van der Waals surface area (Å²) in [5.74, 6) is -1.38. The van der Waals surface area contributed by atoms with Crippen LogP contribution in [0.2, 0.25) is 0 Å². The lowest BCUT2D eigenvalue weighted by Gasteiger charge is -2.15. The summed E-state index contributed by atoms with van der Waals surface area (Å²) in [4.78, 5) is 17.1. The number of anilines is 1. The van der Waals surface area contributed by atoms with Gasteiger partial charge in [-0.25, -0.2) is 4.39 Å². The summed E-state index contributed by atoms with van der Waals surface area (Å²) < 4.78 is 19.8. The average Bonchev–Trinajstić information content (AvgIpc) is 2.83. The molecule has 4 rings (SSSR count). The number of hydrogen-bond donors (Lipinski definition) is 1. The maximum absolute atomic E-state index is 14.6. The number of nitriles is 2. The minimum atomic E-state index is -0.624. The minimum Gasteiger partial charge on any atom is -0.480 e. The van der Waals surface area contributed by atoms with Crippen molar-refractivity contribution in [3.8, 4) is 29.1 Å². The Balaban J connectivity index is 1.86. The van der Waals surface area contributed by atoms with Crippen LogP contribution in [0.5, 0.6) is 5.88 Å². The van der Waals surface area contributed by atoms with Crippen molar-refractivity contribution in [2.45, 2.75) is 0 Å². The number of amides is 1. The lowest BCUT2D eigenvalue weighted by Crippen LogP contribution is -2.15. The quantitative estimate of drug-likeness (QED) is 0.496. The number of benzene rings is 3. The molecule has 0 fully saturated rings. The molecule has 0 aliphatic carbocycles. The summed E-state index contributed by atoms with van der Waals surface area (Å²) in [6.45, 7) is 0. The molecule has 6 nitrogen and oxygen atoms in total. The number of carbonyl (C=O) groups is 1. The van der Waals surface area contributed by atoms with Gasteiger partial charge in [0.05, 0.1) is 7.11 Å². The highest BCUT2D eigenvalue weighted by Gasteiger charge is 2.25. The zero-order valence-electron chi connectivity index (χ0n) is 16.9. The largest absolute Gasteiger partial charge is 0.480 e. The van der Waals surface area contributed by atoms with Crippen molar-refractivity contribution in [3.63, 3.8) is 0 Å². The number of nitrogens with one attached hydrogen (secondary N) is 1. The van der Waals surface area contributed by atoms with Gasteiger partial charge < -0.3 is 10.1 Å². The van der Waals surface area contributed by atoms with Gasteiger partial charge in [-0.1, -0.05) is 48.5 Å². The number of aromatic nitrogens is 1. The molecule has 4 aromatic rings. The van der Waals surface area contributed by atoms with Crippen molar-refractivity contribution in [1.29, 1.82) is 10.5 Å². The molecule has 0 unspecified atom stereocenters. The van der Waals surface area contributed by atoms with Gasteiger partial charge in [-0.05, 0) is 29.0 Å². The van der Waals surface area contributed by atoms with Gasteiger partial charge in [-0.3, -0.25) is 4.79 Å². The summed E-state index contributed by atoms with van der Waals surface area (Å²) in [7, 11) is 1.30. The van der Waals surface area contributed by atoms with E-state index in [9.17, 15) is 19.7 Å². The lowest BCUT2D eigenvalue weighted by molar-refractivity contribution is 0.102. The molecule has 1 N–H and O–H groups in total. The highest BCUT2D eigenvalue weighted by molar-refractivity contribution is 6.07. The molecule has 0 spiro atoms. The van der Waals surface area contributed by atoms with Crippen LogP contribution in [-0.4, -0.2) is 18.0 Å². The lowest BCUT2D eigenvalue weighted by atomic mass is 9.95. The number of rotatable bonds is 4. The molecule has 154 valence electrons. The van der Waals surface area contributed by atoms with Gasteiger partial charge in [0.1, 0.15) is 29.1 Å². The topological polar surface area (TPSA) is 98.8 Å². The summed E-state index contributed by atoms with van der Waals surface area (Å²) in [6.07, 6.45) is 0. The first kappa shape index (κ1) is 20.5. The summed E-state index contributed by atoms with van der Waals surface area (Å²) in [6, 6.07) is 22.4. The fraction of sp³-hybridized carbons (Fsp3) is 0.0400. The predicted octanol–water partition coefficient (Wildman–Crippen LogP) is 5.05. The van der Waals surface area contributed by atoms with Crippen LogP contribution in [0.1, 0.15) is 21.5 Å². The predicted molar refractivity (Wildman–Crippen MR) is 118 cm³/mol. The average molecular weight is 422 g/mol. The van der Waals surface area contributed by atoms with Gasteiger partial charge >= 0.3 is 0 Å². The first-order chi connectivity index (χ1) is 15.6. The van der Waals surface area contributed by atoms with Crippen molar-refractivity contribution >= 4 is 22.5 Å². The monoisotopic (exact) mass is 422 g/mol. The van der Waals surface area contributed by atoms with Crippen LogP contribution in [0.4, 0.5) is 10.2 Å². The molecule has 0 aliphatic rings. The molecule has 7 heteroatoms. The second-order valence-electron chi connectivity index (χ2n) is 6.81. The van der Waals surface area contributed by atoms with Gasteiger partial charge in [-0.2, -0.15) is 15.5 Å². The molecule has 0 aliphatic heterocycles. The maximum atomic E-state index is 14.6. The number of halogens is 1. The normalized spacial score (nSPS) is 10.2. The third-order valence-corrected chi connectivity index (χ3v) is 4.97. The summed E-state index contributed by atoms with van der Waals surface area (Å²) in [5, 5.41) is 24.0. The molecule has 0 radical (unpaired) electrons. The van der Waals surface area contributed by atoms with Crippen LogP contribution in [-0.2, 0) is 0 Å². The smallest absolute Gasteiger partial charge is 0.256 e. The van der Waals surface area contributed by atoms with Crippen LogP contribution >= 0.6 is 0 Å². The van der Waals surface area contributed by atoms with Gasteiger partial charge in [0, 0.05) is 16.7 Å². The van der Waals surface area contributed by atoms with Crippen molar-refractivity contribution < 1.29 is 13.9 Å². The Kier molecular flexibility index (Phi) is 5.48. The fourth-order valence-electron chi connectivity index (χ4n) is 3.46. The van der Waals surface area contributed by atoms with Crippen LogP contribution in [0.3, 0.4) is 0 Å². The zero-order valence-corrected chi connectivity index (χ0v) is 16.9. The van der Waals surface area contributed by atoms with Crippen LogP contribution in [0.25, 0.3) is 21.9 Å². The molecule has 0 atom stereocenters. The van der Waals surface area contributed by atoms with Crippen molar-refractivity contribution in [2.24, 2.45) is 0 Å². The van der Waals surface area contributed by atoms with Crippen LogP contribution in [0.15, 0.2) is 66.7 Å². The summed E-state index contributed by atoms with van der Waals surface area (Å²) >= 11 is 0. The number of nitrogens with zero attached hydrogens (tertiary/aromatic N) is 3. The number of ether oxygens (including phenoxy) is 1. The van der Waals surface area contributed by atoms with Crippen LogP contribution < -0.4 is 10.1 Å². The molecule has 0 saturated heterocycles. The Hall–Kier alpha value is -4.75. The number of hydrogen-bond acceptors (Lipinski definition) is 5. The fourth-order valence-corrected chi connectivity index (χ4v) is 3.46. The Bertz CT molecular complexity index is 1450. The minimum absolute atomic E-state index is 0.00811. The first-order valence-corrected chi connectivity index (χ1v) is 9.54. The van der Waals surface area contributed by atoms with Crippen molar-refractivity contribution in [3.05, 3.63) is 89.2 Å². The second-order valence-corrected chi connectivity index (χ2v) is 6.81. The maximum Gasteiger partial charge on any atom is 0.256 e. The van der Waals surface area contributed by atoms with E-state index in [4.69, 9.17) is 4.74 Å². The van der Waals surface area contributed by atoms with Gasteiger partial charge in [0.25, 0.3) is 5.91 Å². The number of pyridine rings is 1. The molecule has 3 aromatic carbocycles. The highest BCUT2D eigenvalue weighted by atomic mass is 19.1. The Labute approximate surface area is 183 Å². The van der Waals surface area contributed by atoms with E-state index in [-0.39, 0.29) is 34.0 Å². The van der Waals surface area contributed by atoms with E-state index in [2.05, 4.69) is 10.3 Å². The van der Waals surface area contributed by atoms with E-state index in [1.165, 1.54) is 25.3 Å². The Morgan fingerprint density at radius 1 is 0.969 bits per heavy atom. The van der Waals surface area contributed by atoms with Gasteiger partial charge in [-0.15, -0.1) is 0 Å². The van der Waals surface area contributed by atoms with Gasteiger partial charge in [0.2, 0.25) is 5.88 Å². The van der Waals surface area contributed by atoms with Gasteiger partial charge in [0.15, 0.2) is 5.82 Å². The van der Waals surface area contributed by atoms with E-state index in [1.807, 2.05) is 42.5 Å². The number of carbonyl (C=O) groups excluding carboxylic acids is 1. The molecule has 1 amide bonds. The molecular formula is C25H15FN4O2. The SMILES string of the molecule is COc1nc(NC(=O)c2ccc3ccccc3c2)c(C#N)c(-c2ccccc2F)c1C#N. The van der Waals surface area contributed by atoms with Crippen molar-refractivity contribution in [1.82, 2.24) is 4.98 Å². The van der Waals surface area contributed by atoms with E-state index in [0.29, 0.717) is 5.56 Å². The number of methoxy groups -OCH3 is 1. The molecule has 0 bridgehead atoms. The summed E-state index contributed by atoms with van der Waals surface area (Å²) in [5.41, 5.74) is 0.154. The molecule has 0 saturated carbocycles. The van der Waals surface area contributed by atoms with E-state index < -0.39 is 11.7 Å².